The molecule has 1 saturated heterocycles. The number of hydrogen-bond acceptors (Lipinski definition) is 5. The second kappa shape index (κ2) is 8.40. The summed E-state index contributed by atoms with van der Waals surface area (Å²) in [6, 6.07) is 7.63. The summed E-state index contributed by atoms with van der Waals surface area (Å²) < 4.78 is 85.2. The SMILES string of the molecule is CC(OC=O)C1(c2ccc(F)c(Cl)c2)CCC(S(=O)(=O)c2ccccc2C(F)(F)F)N1. The lowest BCUT2D eigenvalue weighted by Gasteiger charge is -2.36. The Bertz CT molecular complexity index is 1090. The maximum absolute atomic E-state index is 13.7. The van der Waals surface area contributed by atoms with Gasteiger partial charge in [0.25, 0.3) is 6.47 Å². The Labute approximate surface area is 181 Å². The third-order valence-corrected chi connectivity index (χ3v) is 7.84. The topological polar surface area (TPSA) is 72.5 Å². The van der Waals surface area contributed by atoms with Crippen LogP contribution >= 0.6 is 11.6 Å². The molecule has 2 aromatic rings. The van der Waals surface area contributed by atoms with E-state index in [9.17, 15) is 30.8 Å². The number of benzene rings is 2. The molecule has 3 atom stereocenters. The molecule has 1 aliphatic heterocycles. The van der Waals surface area contributed by atoms with Crippen molar-refractivity contribution in [3.63, 3.8) is 0 Å². The van der Waals surface area contributed by atoms with Crippen molar-refractivity contribution < 1.29 is 35.5 Å². The third-order valence-electron chi connectivity index (χ3n) is 5.48. The predicted octanol–water partition coefficient (Wildman–Crippen LogP) is 4.44. The van der Waals surface area contributed by atoms with Crippen LogP contribution in [0.5, 0.6) is 0 Å². The minimum Gasteiger partial charge on any atom is -0.463 e. The Hall–Kier alpha value is -2.17. The summed E-state index contributed by atoms with van der Waals surface area (Å²) in [7, 11) is -4.48. The van der Waals surface area contributed by atoms with Gasteiger partial charge in [-0.1, -0.05) is 29.8 Å². The number of nitrogens with one attached hydrogen (secondary N) is 1. The first-order valence-electron chi connectivity index (χ1n) is 9.16. The molecule has 1 N–H and O–H groups in total. The molecule has 0 aromatic heterocycles. The minimum absolute atomic E-state index is 0.0733. The number of carbonyl (C=O) groups excluding carboxylic acids is 1. The second-order valence-corrected chi connectivity index (χ2v) is 9.69. The van der Waals surface area contributed by atoms with E-state index in [2.05, 4.69) is 5.32 Å². The summed E-state index contributed by atoms with van der Waals surface area (Å²) in [5.74, 6) is -0.703. The van der Waals surface area contributed by atoms with Crippen LogP contribution in [0.3, 0.4) is 0 Å². The molecule has 1 fully saturated rings. The highest BCUT2D eigenvalue weighted by molar-refractivity contribution is 7.92. The van der Waals surface area contributed by atoms with Crippen molar-refractivity contribution in [1.29, 1.82) is 0 Å². The lowest BCUT2D eigenvalue weighted by atomic mass is 9.83. The molecule has 0 aliphatic carbocycles. The largest absolute Gasteiger partial charge is 0.463 e. The Morgan fingerprint density at radius 2 is 1.94 bits per heavy atom. The van der Waals surface area contributed by atoms with Crippen molar-refractivity contribution in [3.8, 4) is 0 Å². The molecule has 31 heavy (non-hydrogen) atoms. The zero-order chi connectivity index (χ0) is 23.0. The number of hydrogen-bond donors (Lipinski definition) is 1. The van der Waals surface area contributed by atoms with Gasteiger partial charge in [-0.25, -0.2) is 12.8 Å². The molecular formula is C20H18ClF4NO4S. The standard InChI is InChI=1S/C20H18ClF4NO4S/c1-12(30-11-27)19(13-6-7-16(22)15(21)10-13)9-8-18(26-19)31(28,29)17-5-3-2-4-14(17)20(23,24)25/h2-7,10-12,18,26H,8-9H2,1H3. The van der Waals surface area contributed by atoms with Gasteiger partial charge in [-0.05, 0) is 49.6 Å². The van der Waals surface area contributed by atoms with E-state index in [1.807, 2.05) is 0 Å². The van der Waals surface area contributed by atoms with E-state index in [1.165, 1.54) is 25.1 Å². The van der Waals surface area contributed by atoms with E-state index >= 15 is 0 Å². The van der Waals surface area contributed by atoms with Crippen LogP contribution in [0.4, 0.5) is 17.6 Å². The van der Waals surface area contributed by atoms with Crippen molar-refractivity contribution >= 4 is 27.9 Å². The summed E-state index contributed by atoms with van der Waals surface area (Å²) in [5.41, 5.74) is -2.23. The van der Waals surface area contributed by atoms with Gasteiger partial charge in [0.05, 0.1) is 21.0 Å². The first kappa shape index (κ1) is 23.5. The minimum atomic E-state index is -4.86. The van der Waals surface area contributed by atoms with E-state index in [0.717, 1.165) is 18.2 Å². The van der Waals surface area contributed by atoms with E-state index in [1.54, 1.807) is 0 Å². The number of sulfone groups is 1. The van der Waals surface area contributed by atoms with Crippen LogP contribution in [-0.2, 0) is 31.1 Å². The highest BCUT2D eigenvalue weighted by Crippen LogP contribution is 2.43. The molecule has 1 aliphatic rings. The number of rotatable bonds is 6. The van der Waals surface area contributed by atoms with Crippen molar-refractivity contribution in [2.75, 3.05) is 0 Å². The Morgan fingerprint density at radius 1 is 1.26 bits per heavy atom. The van der Waals surface area contributed by atoms with Gasteiger partial charge < -0.3 is 4.74 Å². The van der Waals surface area contributed by atoms with Gasteiger partial charge in [-0.15, -0.1) is 0 Å². The van der Waals surface area contributed by atoms with Gasteiger partial charge in [0.2, 0.25) is 0 Å². The molecule has 0 amide bonds. The van der Waals surface area contributed by atoms with Crippen LogP contribution in [0.15, 0.2) is 47.4 Å². The average Bonchev–Trinajstić information content (AvgIpc) is 3.17. The summed E-state index contributed by atoms with van der Waals surface area (Å²) in [4.78, 5) is 10.1. The van der Waals surface area contributed by atoms with Crippen molar-refractivity contribution in [2.24, 2.45) is 0 Å². The van der Waals surface area contributed by atoms with Crippen molar-refractivity contribution in [1.82, 2.24) is 5.32 Å². The van der Waals surface area contributed by atoms with Crippen LogP contribution in [0, 0.1) is 5.82 Å². The fourth-order valence-corrected chi connectivity index (χ4v) is 5.92. The van der Waals surface area contributed by atoms with E-state index in [0.29, 0.717) is 11.6 Å². The van der Waals surface area contributed by atoms with Gasteiger partial charge in [-0.3, -0.25) is 10.1 Å². The molecule has 0 saturated carbocycles. The normalized spacial score (nSPS) is 22.8. The molecule has 0 radical (unpaired) electrons. The molecule has 3 unspecified atom stereocenters. The van der Waals surface area contributed by atoms with Crippen LogP contribution in [0.25, 0.3) is 0 Å². The summed E-state index contributed by atoms with van der Waals surface area (Å²) in [5, 5.41) is 1.21. The molecular weight excluding hydrogens is 462 g/mol. The van der Waals surface area contributed by atoms with Gasteiger partial charge in [0, 0.05) is 0 Å². The molecule has 2 aromatic carbocycles. The zero-order valence-electron chi connectivity index (χ0n) is 16.1. The lowest BCUT2D eigenvalue weighted by molar-refractivity contribution is -0.140. The highest BCUT2D eigenvalue weighted by Gasteiger charge is 2.51. The fraction of sp³-hybridized carbons (Fsp3) is 0.350. The summed E-state index contributed by atoms with van der Waals surface area (Å²) in [6.07, 6.45) is -5.78. The maximum atomic E-state index is 13.7. The summed E-state index contributed by atoms with van der Waals surface area (Å²) in [6.45, 7) is 1.68. The zero-order valence-corrected chi connectivity index (χ0v) is 17.7. The number of alkyl halides is 3. The second-order valence-electron chi connectivity index (χ2n) is 7.19. The third kappa shape index (κ3) is 4.28. The monoisotopic (exact) mass is 479 g/mol. The van der Waals surface area contributed by atoms with Crippen LogP contribution < -0.4 is 5.32 Å². The van der Waals surface area contributed by atoms with Crippen LogP contribution in [-0.4, -0.2) is 26.4 Å². The Balaban J connectivity index is 2.07. The van der Waals surface area contributed by atoms with Crippen LogP contribution in [0.1, 0.15) is 30.9 Å². The van der Waals surface area contributed by atoms with Crippen molar-refractivity contribution in [3.05, 3.63) is 64.4 Å². The highest BCUT2D eigenvalue weighted by atomic mass is 35.5. The number of carbonyl (C=O) groups is 1. The number of halogens is 5. The quantitative estimate of drug-likeness (QED) is 0.490. The number of ether oxygens (including phenoxy) is 1. The molecule has 11 heteroatoms. The van der Waals surface area contributed by atoms with Crippen LogP contribution in [0.2, 0.25) is 5.02 Å². The van der Waals surface area contributed by atoms with Gasteiger partial charge in [0.15, 0.2) is 9.84 Å². The molecule has 168 valence electrons. The average molecular weight is 480 g/mol. The van der Waals surface area contributed by atoms with E-state index in [-0.39, 0.29) is 24.3 Å². The smallest absolute Gasteiger partial charge is 0.417 e. The summed E-state index contributed by atoms with van der Waals surface area (Å²) >= 11 is 5.87. The maximum Gasteiger partial charge on any atom is 0.417 e. The molecule has 5 nitrogen and oxygen atoms in total. The van der Waals surface area contributed by atoms with Gasteiger partial charge in [0.1, 0.15) is 17.3 Å². The molecule has 3 rings (SSSR count). The lowest BCUT2D eigenvalue weighted by Crippen LogP contribution is -2.51. The fourth-order valence-electron chi connectivity index (χ4n) is 3.88. The predicted molar refractivity (Wildman–Crippen MR) is 104 cm³/mol. The van der Waals surface area contributed by atoms with Gasteiger partial charge in [-0.2, -0.15) is 13.2 Å². The first-order valence-corrected chi connectivity index (χ1v) is 11.1. The molecule has 1 heterocycles. The Kier molecular flexibility index (Phi) is 6.37. The van der Waals surface area contributed by atoms with Crippen molar-refractivity contribution in [2.45, 2.75) is 47.9 Å². The Morgan fingerprint density at radius 3 is 2.55 bits per heavy atom. The first-order chi connectivity index (χ1) is 14.4. The molecule has 0 bridgehead atoms. The van der Waals surface area contributed by atoms with E-state index < -0.39 is 49.3 Å². The van der Waals surface area contributed by atoms with Gasteiger partial charge >= 0.3 is 6.18 Å². The molecule has 0 spiro atoms. The van der Waals surface area contributed by atoms with E-state index in [4.69, 9.17) is 16.3 Å².